The summed E-state index contributed by atoms with van der Waals surface area (Å²) in [5, 5.41) is 3.28. The van der Waals surface area contributed by atoms with Gasteiger partial charge < -0.3 is 10.2 Å². The van der Waals surface area contributed by atoms with Crippen LogP contribution >= 0.6 is 11.3 Å². The minimum atomic E-state index is -0.0506. The molecule has 1 fully saturated rings. The predicted molar refractivity (Wildman–Crippen MR) is 98.9 cm³/mol. The Labute approximate surface area is 149 Å². The first-order chi connectivity index (χ1) is 12.1. The Morgan fingerprint density at radius 2 is 2.16 bits per heavy atom. The molecule has 4 heterocycles. The van der Waals surface area contributed by atoms with Gasteiger partial charge in [0.1, 0.15) is 0 Å². The maximum Gasteiger partial charge on any atom is 0.274 e. The summed E-state index contributed by atoms with van der Waals surface area (Å²) in [5.74, 6) is 0.460. The summed E-state index contributed by atoms with van der Waals surface area (Å²) < 4.78 is 0.866. The van der Waals surface area contributed by atoms with Gasteiger partial charge in [-0.15, -0.1) is 11.3 Å². The molecule has 3 aromatic rings. The highest BCUT2D eigenvalue weighted by Crippen LogP contribution is 2.29. The smallest absolute Gasteiger partial charge is 0.274 e. The van der Waals surface area contributed by atoms with Gasteiger partial charge in [0.15, 0.2) is 5.69 Å². The van der Waals surface area contributed by atoms with Crippen LogP contribution in [0.2, 0.25) is 0 Å². The number of aromatic nitrogens is 3. The Kier molecular flexibility index (Phi) is 4.09. The van der Waals surface area contributed by atoms with E-state index in [4.69, 9.17) is 0 Å². The van der Waals surface area contributed by atoms with Gasteiger partial charge >= 0.3 is 0 Å². The third kappa shape index (κ3) is 3.07. The number of rotatable bonds is 4. The van der Waals surface area contributed by atoms with Crippen molar-refractivity contribution in [1.82, 2.24) is 19.9 Å². The second kappa shape index (κ2) is 6.40. The Balaban J connectivity index is 1.70. The average Bonchev–Trinajstić information content (AvgIpc) is 2.93. The largest absolute Gasteiger partial charge is 0.346 e. The van der Waals surface area contributed by atoms with Crippen LogP contribution in [0, 0.1) is 6.92 Å². The standard InChI is InChI=1S/C18H19N5OS/c1-11-10-14-16(25-11)15(17(24)23-8-5-9-23)22-18(21-14)20-12(2)13-6-3-4-7-19-13/h3-4,6-7,10,12H,5,8-9H2,1-2H3,(H,20,21,22). The fraction of sp³-hybridized carbons (Fsp3) is 0.333. The number of likely N-dealkylation sites (tertiary alicyclic amines) is 1. The highest BCUT2D eigenvalue weighted by molar-refractivity contribution is 7.19. The van der Waals surface area contributed by atoms with Gasteiger partial charge in [0.05, 0.1) is 22.0 Å². The molecule has 0 radical (unpaired) electrons. The zero-order valence-corrected chi connectivity index (χ0v) is 15.0. The van der Waals surface area contributed by atoms with E-state index < -0.39 is 0 Å². The summed E-state index contributed by atoms with van der Waals surface area (Å²) in [6.07, 6.45) is 2.82. The van der Waals surface area contributed by atoms with Gasteiger partial charge in [-0.05, 0) is 38.5 Å². The van der Waals surface area contributed by atoms with Crippen molar-refractivity contribution in [2.24, 2.45) is 0 Å². The number of thiophene rings is 1. The van der Waals surface area contributed by atoms with Gasteiger partial charge in [-0.2, -0.15) is 0 Å². The highest BCUT2D eigenvalue weighted by Gasteiger charge is 2.26. The van der Waals surface area contributed by atoms with Gasteiger partial charge in [-0.1, -0.05) is 6.07 Å². The lowest BCUT2D eigenvalue weighted by molar-refractivity contribution is 0.0648. The number of carbonyl (C=O) groups excluding carboxylic acids is 1. The molecule has 1 saturated heterocycles. The molecule has 6 nitrogen and oxygen atoms in total. The van der Waals surface area contributed by atoms with Crippen LogP contribution in [0.1, 0.15) is 40.4 Å². The summed E-state index contributed by atoms with van der Waals surface area (Å²) in [6.45, 7) is 5.64. The summed E-state index contributed by atoms with van der Waals surface area (Å²) in [5.41, 5.74) is 2.22. The number of nitrogens with zero attached hydrogens (tertiary/aromatic N) is 4. The van der Waals surface area contributed by atoms with Crippen molar-refractivity contribution in [3.8, 4) is 0 Å². The molecular weight excluding hydrogens is 334 g/mol. The Morgan fingerprint density at radius 1 is 1.32 bits per heavy atom. The molecule has 1 unspecified atom stereocenters. The molecule has 1 atom stereocenters. The van der Waals surface area contributed by atoms with E-state index in [1.807, 2.05) is 43.0 Å². The number of hydrogen-bond acceptors (Lipinski definition) is 6. The molecule has 0 aliphatic carbocycles. The second-order valence-electron chi connectivity index (χ2n) is 6.23. The monoisotopic (exact) mass is 353 g/mol. The molecule has 0 aromatic carbocycles. The lowest BCUT2D eigenvalue weighted by Crippen LogP contribution is -2.42. The molecular formula is C18H19N5OS. The third-order valence-electron chi connectivity index (χ3n) is 4.32. The molecule has 128 valence electrons. The molecule has 0 saturated carbocycles. The maximum absolute atomic E-state index is 12.8. The first kappa shape index (κ1) is 16.0. The van der Waals surface area contributed by atoms with Crippen LogP contribution in [-0.4, -0.2) is 38.8 Å². The van der Waals surface area contributed by atoms with Crippen LogP contribution in [0.5, 0.6) is 0 Å². The van der Waals surface area contributed by atoms with Gasteiger partial charge in [0.2, 0.25) is 5.95 Å². The van der Waals surface area contributed by atoms with Crippen LogP contribution in [-0.2, 0) is 0 Å². The molecule has 1 aliphatic heterocycles. The van der Waals surface area contributed by atoms with Crippen LogP contribution < -0.4 is 5.32 Å². The Morgan fingerprint density at radius 3 is 2.84 bits per heavy atom. The van der Waals surface area contributed by atoms with Crippen molar-refractivity contribution < 1.29 is 4.79 Å². The van der Waals surface area contributed by atoms with Crippen molar-refractivity contribution in [2.45, 2.75) is 26.3 Å². The number of pyridine rings is 1. The number of amides is 1. The molecule has 1 N–H and O–H groups in total. The minimum absolute atomic E-state index is 0.00552. The Hall–Kier alpha value is -2.54. The van der Waals surface area contributed by atoms with Gasteiger partial charge in [0.25, 0.3) is 5.91 Å². The van der Waals surface area contributed by atoms with Crippen molar-refractivity contribution in [1.29, 1.82) is 0 Å². The van der Waals surface area contributed by atoms with Crippen LogP contribution in [0.3, 0.4) is 0 Å². The topological polar surface area (TPSA) is 71.0 Å². The van der Waals surface area contributed by atoms with Crippen molar-refractivity contribution in [3.63, 3.8) is 0 Å². The second-order valence-corrected chi connectivity index (χ2v) is 7.49. The van der Waals surface area contributed by atoms with E-state index in [0.717, 1.165) is 40.3 Å². The summed E-state index contributed by atoms with van der Waals surface area (Å²) in [4.78, 5) is 29.2. The summed E-state index contributed by atoms with van der Waals surface area (Å²) >= 11 is 1.57. The van der Waals surface area contributed by atoms with E-state index in [-0.39, 0.29) is 11.9 Å². The van der Waals surface area contributed by atoms with E-state index in [9.17, 15) is 4.79 Å². The fourth-order valence-corrected chi connectivity index (χ4v) is 3.76. The zero-order valence-electron chi connectivity index (χ0n) is 14.2. The fourth-order valence-electron chi connectivity index (χ4n) is 2.83. The predicted octanol–water partition coefficient (Wildman–Crippen LogP) is 3.41. The molecule has 3 aromatic heterocycles. The zero-order chi connectivity index (χ0) is 17.4. The van der Waals surface area contributed by atoms with Crippen molar-refractivity contribution in [2.75, 3.05) is 18.4 Å². The number of carbonyl (C=O) groups is 1. The molecule has 4 rings (SSSR count). The van der Waals surface area contributed by atoms with Crippen LogP contribution in [0.4, 0.5) is 5.95 Å². The normalized spacial score (nSPS) is 15.0. The minimum Gasteiger partial charge on any atom is -0.346 e. The van der Waals surface area contributed by atoms with Gasteiger partial charge in [-0.3, -0.25) is 9.78 Å². The van der Waals surface area contributed by atoms with Crippen molar-refractivity contribution >= 4 is 33.4 Å². The van der Waals surface area contributed by atoms with E-state index in [1.165, 1.54) is 0 Å². The van der Waals surface area contributed by atoms with Crippen LogP contribution in [0.15, 0.2) is 30.5 Å². The molecule has 25 heavy (non-hydrogen) atoms. The molecule has 1 amide bonds. The van der Waals surface area contributed by atoms with Crippen LogP contribution in [0.25, 0.3) is 10.2 Å². The molecule has 0 bridgehead atoms. The van der Waals surface area contributed by atoms with E-state index >= 15 is 0 Å². The first-order valence-electron chi connectivity index (χ1n) is 8.37. The highest BCUT2D eigenvalue weighted by atomic mass is 32.1. The van der Waals surface area contributed by atoms with Gasteiger partial charge in [-0.25, -0.2) is 9.97 Å². The molecule has 7 heteroatoms. The summed E-state index contributed by atoms with van der Waals surface area (Å²) in [6, 6.07) is 7.75. The molecule has 1 aliphatic rings. The van der Waals surface area contributed by atoms with Gasteiger partial charge in [0, 0.05) is 24.2 Å². The number of aryl methyl sites for hydroxylation is 1. The number of fused-ring (bicyclic) bond motifs is 1. The lowest BCUT2D eigenvalue weighted by atomic mass is 10.2. The van der Waals surface area contributed by atoms with E-state index in [2.05, 4.69) is 20.3 Å². The Bertz CT molecular complexity index is 920. The van der Waals surface area contributed by atoms with Crippen molar-refractivity contribution in [3.05, 3.63) is 46.7 Å². The van der Waals surface area contributed by atoms with E-state index in [0.29, 0.717) is 11.6 Å². The lowest BCUT2D eigenvalue weighted by Gasteiger charge is -2.30. The maximum atomic E-state index is 12.8. The third-order valence-corrected chi connectivity index (χ3v) is 5.36. The number of nitrogens with one attached hydrogen (secondary N) is 1. The number of hydrogen-bond donors (Lipinski definition) is 1. The number of anilines is 1. The van der Waals surface area contributed by atoms with E-state index in [1.54, 1.807) is 17.5 Å². The quantitative estimate of drug-likeness (QED) is 0.778. The SMILES string of the molecule is Cc1cc2nc(NC(C)c3ccccn3)nc(C(=O)N3CCC3)c2s1. The molecule has 0 spiro atoms. The average molecular weight is 353 g/mol. The summed E-state index contributed by atoms with van der Waals surface area (Å²) in [7, 11) is 0. The first-order valence-corrected chi connectivity index (χ1v) is 9.18.